The van der Waals surface area contributed by atoms with Crippen molar-refractivity contribution in [2.24, 2.45) is 5.92 Å². The van der Waals surface area contributed by atoms with Crippen LogP contribution in [0.3, 0.4) is 0 Å². The number of nitrogens with one attached hydrogen (secondary N) is 1. The molecule has 2 nitrogen and oxygen atoms in total. The molecule has 0 saturated heterocycles. The van der Waals surface area contributed by atoms with Gasteiger partial charge in [0.2, 0.25) is 0 Å². The molecule has 1 unspecified atom stereocenters. The van der Waals surface area contributed by atoms with Crippen LogP contribution in [0.25, 0.3) is 0 Å². The fourth-order valence-electron chi connectivity index (χ4n) is 2.32. The third kappa shape index (κ3) is 4.18. The third-order valence-corrected chi connectivity index (χ3v) is 3.33. The van der Waals surface area contributed by atoms with Gasteiger partial charge in [-0.05, 0) is 36.1 Å². The minimum absolute atomic E-state index is 0.415. The standard InChI is InChI=1S/C17H22N2/c1-14(2)17(16-8-4-3-5-9-16)19-12-10-15-7-6-11-18-13-15/h3-9,11,13-14,17,19H,10,12H2,1-2H3. The van der Waals surface area contributed by atoms with E-state index in [0.29, 0.717) is 12.0 Å². The predicted octanol–water partition coefficient (Wildman–Crippen LogP) is 3.61. The van der Waals surface area contributed by atoms with Gasteiger partial charge in [0.1, 0.15) is 0 Å². The van der Waals surface area contributed by atoms with Crippen LogP contribution in [-0.4, -0.2) is 11.5 Å². The molecule has 0 spiro atoms. The Hall–Kier alpha value is -1.67. The molecule has 100 valence electrons. The zero-order chi connectivity index (χ0) is 13.5. The van der Waals surface area contributed by atoms with Crippen molar-refractivity contribution in [3.8, 4) is 0 Å². The molecular formula is C17H22N2. The average Bonchev–Trinajstić information content (AvgIpc) is 2.45. The molecule has 0 aliphatic heterocycles. The van der Waals surface area contributed by atoms with E-state index in [0.717, 1.165) is 13.0 Å². The highest BCUT2D eigenvalue weighted by molar-refractivity contribution is 5.19. The fourth-order valence-corrected chi connectivity index (χ4v) is 2.32. The predicted molar refractivity (Wildman–Crippen MR) is 80.0 cm³/mol. The quantitative estimate of drug-likeness (QED) is 0.851. The van der Waals surface area contributed by atoms with Crippen LogP contribution in [0.5, 0.6) is 0 Å². The highest BCUT2D eigenvalue weighted by atomic mass is 14.9. The van der Waals surface area contributed by atoms with Gasteiger partial charge in [-0.3, -0.25) is 4.98 Å². The Bertz CT molecular complexity index is 465. The number of hydrogen-bond donors (Lipinski definition) is 1. The SMILES string of the molecule is CC(C)C(NCCc1cccnc1)c1ccccc1. The molecule has 0 bridgehead atoms. The second-order valence-electron chi connectivity index (χ2n) is 5.20. The number of pyridine rings is 1. The lowest BCUT2D eigenvalue weighted by molar-refractivity contribution is 0.414. The molecule has 1 N–H and O–H groups in total. The van der Waals surface area contributed by atoms with Crippen molar-refractivity contribution in [3.05, 3.63) is 66.0 Å². The van der Waals surface area contributed by atoms with Gasteiger partial charge in [0.15, 0.2) is 0 Å². The van der Waals surface area contributed by atoms with Crippen LogP contribution < -0.4 is 5.32 Å². The molecule has 0 saturated carbocycles. The van der Waals surface area contributed by atoms with Crippen LogP contribution in [0.4, 0.5) is 0 Å². The molecule has 0 aliphatic rings. The van der Waals surface area contributed by atoms with E-state index in [1.807, 2.05) is 18.5 Å². The van der Waals surface area contributed by atoms with Crippen molar-refractivity contribution in [1.29, 1.82) is 0 Å². The molecule has 2 aromatic rings. The van der Waals surface area contributed by atoms with Crippen molar-refractivity contribution >= 4 is 0 Å². The first-order valence-electron chi connectivity index (χ1n) is 6.94. The van der Waals surface area contributed by atoms with Gasteiger partial charge in [-0.15, -0.1) is 0 Å². The van der Waals surface area contributed by atoms with Crippen LogP contribution in [-0.2, 0) is 6.42 Å². The maximum atomic E-state index is 4.15. The molecule has 0 fully saturated rings. The van der Waals surface area contributed by atoms with Crippen molar-refractivity contribution < 1.29 is 0 Å². The van der Waals surface area contributed by atoms with Crippen molar-refractivity contribution in [1.82, 2.24) is 10.3 Å². The van der Waals surface area contributed by atoms with Gasteiger partial charge >= 0.3 is 0 Å². The Morgan fingerprint density at radius 2 is 1.84 bits per heavy atom. The first kappa shape index (κ1) is 13.8. The molecular weight excluding hydrogens is 232 g/mol. The van der Waals surface area contributed by atoms with Gasteiger partial charge in [0.25, 0.3) is 0 Å². The number of rotatable bonds is 6. The summed E-state index contributed by atoms with van der Waals surface area (Å²) in [6.07, 6.45) is 4.77. The minimum atomic E-state index is 0.415. The molecule has 2 heteroatoms. The summed E-state index contributed by atoms with van der Waals surface area (Å²) in [5.74, 6) is 0.580. The van der Waals surface area contributed by atoms with E-state index in [2.05, 4.69) is 60.5 Å². The van der Waals surface area contributed by atoms with E-state index < -0.39 is 0 Å². The zero-order valence-electron chi connectivity index (χ0n) is 11.7. The van der Waals surface area contributed by atoms with Crippen molar-refractivity contribution in [3.63, 3.8) is 0 Å². The number of nitrogens with zero attached hydrogens (tertiary/aromatic N) is 1. The van der Waals surface area contributed by atoms with Crippen LogP contribution >= 0.6 is 0 Å². The molecule has 2 rings (SSSR count). The summed E-state index contributed by atoms with van der Waals surface area (Å²) >= 11 is 0. The van der Waals surface area contributed by atoms with Crippen LogP contribution in [0, 0.1) is 5.92 Å². The van der Waals surface area contributed by atoms with Crippen LogP contribution in [0.1, 0.15) is 31.0 Å². The summed E-state index contributed by atoms with van der Waals surface area (Å²) in [6.45, 7) is 5.49. The molecule has 1 heterocycles. The molecule has 1 aromatic heterocycles. The third-order valence-electron chi connectivity index (χ3n) is 3.33. The average molecular weight is 254 g/mol. The second kappa shape index (κ2) is 7.05. The van der Waals surface area contributed by atoms with Gasteiger partial charge in [-0.1, -0.05) is 50.2 Å². The highest BCUT2D eigenvalue weighted by Crippen LogP contribution is 2.21. The van der Waals surface area contributed by atoms with Crippen molar-refractivity contribution in [2.75, 3.05) is 6.54 Å². The van der Waals surface area contributed by atoms with E-state index in [9.17, 15) is 0 Å². The smallest absolute Gasteiger partial charge is 0.0343 e. The van der Waals surface area contributed by atoms with Gasteiger partial charge in [0, 0.05) is 18.4 Å². The van der Waals surface area contributed by atoms with Gasteiger partial charge in [-0.25, -0.2) is 0 Å². The van der Waals surface area contributed by atoms with Crippen molar-refractivity contribution in [2.45, 2.75) is 26.3 Å². The summed E-state index contributed by atoms with van der Waals surface area (Å²) < 4.78 is 0. The summed E-state index contributed by atoms with van der Waals surface area (Å²) in [5, 5.41) is 3.66. The van der Waals surface area contributed by atoms with E-state index in [-0.39, 0.29) is 0 Å². The lowest BCUT2D eigenvalue weighted by Crippen LogP contribution is -2.27. The van der Waals surface area contributed by atoms with E-state index in [1.54, 1.807) is 0 Å². The molecule has 1 aromatic carbocycles. The van der Waals surface area contributed by atoms with Gasteiger partial charge in [-0.2, -0.15) is 0 Å². The maximum absolute atomic E-state index is 4.15. The summed E-state index contributed by atoms with van der Waals surface area (Å²) in [5.41, 5.74) is 2.65. The Balaban J connectivity index is 1.92. The van der Waals surface area contributed by atoms with Gasteiger partial charge < -0.3 is 5.32 Å². The lowest BCUT2D eigenvalue weighted by Gasteiger charge is -2.23. The summed E-state index contributed by atoms with van der Waals surface area (Å²) in [4.78, 5) is 4.15. The van der Waals surface area contributed by atoms with E-state index in [1.165, 1.54) is 11.1 Å². The molecule has 0 amide bonds. The Morgan fingerprint density at radius 3 is 2.47 bits per heavy atom. The summed E-state index contributed by atoms with van der Waals surface area (Å²) in [6, 6.07) is 15.2. The topological polar surface area (TPSA) is 24.9 Å². The number of benzene rings is 1. The number of hydrogen-bond acceptors (Lipinski definition) is 2. The first-order valence-corrected chi connectivity index (χ1v) is 6.94. The zero-order valence-corrected chi connectivity index (χ0v) is 11.7. The van der Waals surface area contributed by atoms with Crippen LogP contribution in [0.2, 0.25) is 0 Å². The Kier molecular flexibility index (Phi) is 5.10. The Labute approximate surface area is 115 Å². The highest BCUT2D eigenvalue weighted by Gasteiger charge is 2.14. The monoisotopic (exact) mass is 254 g/mol. The first-order chi connectivity index (χ1) is 9.27. The molecule has 0 aliphatic carbocycles. The summed E-state index contributed by atoms with van der Waals surface area (Å²) in [7, 11) is 0. The van der Waals surface area contributed by atoms with E-state index >= 15 is 0 Å². The van der Waals surface area contributed by atoms with Gasteiger partial charge in [0.05, 0.1) is 0 Å². The van der Waals surface area contributed by atoms with E-state index in [4.69, 9.17) is 0 Å². The maximum Gasteiger partial charge on any atom is 0.0343 e. The minimum Gasteiger partial charge on any atom is -0.309 e. The molecule has 1 atom stereocenters. The van der Waals surface area contributed by atoms with Crippen LogP contribution in [0.15, 0.2) is 54.9 Å². The lowest BCUT2D eigenvalue weighted by atomic mass is 9.96. The molecule has 19 heavy (non-hydrogen) atoms. The fraction of sp³-hybridized carbons (Fsp3) is 0.353. The largest absolute Gasteiger partial charge is 0.309 e. The second-order valence-corrected chi connectivity index (χ2v) is 5.20. The molecule has 0 radical (unpaired) electrons. The number of aromatic nitrogens is 1. The Morgan fingerprint density at radius 1 is 1.05 bits per heavy atom. The normalized spacial score (nSPS) is 12.6.